The van der Waals surface area contributed by atoms with Gasteiger partial charge in [0.05, 0.1) is 6.61 Å². The van der Waals surface area contributed by atoms with Crippen LogP contribution in [0.15, 0.2) is 30.6 Å². The van der Waals surface area contributed by atoms with Gasteiger partial charge in [-0.3, -0.25) is 0 Å². The summed E-state index contributed by atoms with van der Waals surface area (Å²) in [7, 11) is 0. The van der Waals surface area contributed by atoms with Crippen LogP contribution in [0.5, 0.6) is 0 Å². The lowest BCUT2D eigenvalue weighted by molar-refractivity contribution is 0.311. The van der Waals surface area contributed by atoms with Gasteiger partial charge in [-0.05, 0) is 12.1 Å². The lowest BCUT2D eigenvalue weighted by atomic mass is 10.1. The molecule has 0 spiro atoms. The molecule has 94 valence electrons. The van der Waals surface area contributed by atoms with Gasteiger partial charge in [0.25, 0.3) is 0 Å². The molecule has 2 aromatic rings. The summed E-state index contributed by atoms with van der Waals surface area (Å²) in [6.07, 6.45) is 2.87. The van der Waals surface area contributed by atoms with Crippen LogP contribution in [-0.2, 0) is 0 Å². The highest BCUT2D eigenvalue weighted by Crippen LogP contribution is 2.22. The smallest absolute Gasteiger partial charge is 0.222 e. The Kier molecular flexibility index (Phi) is 3.78. The van der Waals surface area contributed by atoms with Gasteiger partial charge in [-0.1, -0.05) is 0 Å². The van der Waals surface area contributed by atoms with Crippen molar-refractivity contribution in [2.45, 2.75) is 0 Å². The number of rotatable bonds is 4. The molecule has 0 radical (unpaired) electrons. The lowest BCUT2D eigenvalue weighted by Crippen LogP contribution is -2.08. The predicted octanol–water partition coefficient (Wildman–Crippen LogP) is 1.83. The van der Waals surface area contributed by atoms with Crippen molar-refractivity contribution in [1.29, 1.82) is 0 Å². The predicted molar refractivity (Wildman–Crippen MR) is 63.0 cm³/mol. The molecule has 1 heterocycles. The summed E-state index contributed by atoms with van der Waals surface area (Å²) in [5, 5.41) is 11.4. The van der Waals surface area contributed by atoms with Crippen LogP contribution in [0.4, 0.5) is 14.7 Å². The van der Waals surface area contributed by atoms with Crippen molar-refractivity contribution < 1.29 is 13.9 Å². The number of aliphatic hydroxyl groups excluding tert-OH is 1. The number of aliphatic hydroxyl groups is 1. The van der Waals surface area contributed by atoms with Gasteiger partial charge in [-0.15, -0.1) is 0 Å². The molecule has 0 saturated heterocycles. The Bertz CT molecular complexity index is 531. The number of nitrogens with zero attached hydrogens (tertiary/aromatic N) is 2. The molecule has 0 aliphatic rings. The zero-order valence-corrected chi connectivity index (χ0v) is 9.40. The van der Waals surface area contributed by atoms with Crippen LogP contribution in [0.2, 0.25) is 0 Å². The van der Waals surface area contributed by atoms with Crippen molar-refractivity contribution in [3.05, 3.63) is 42.2 Å². The maximum atomic E-state index is 13.5. The Labute approximate surface area is 102 Å². The highest BCUT2D eigenvalue weighted by atomic mass is 19.1. The Morgan fingerprint density at radius 3 is 2.50 bits per heavy atom. The first-order chi connectivity index (χ1) is 8.70. The number of benzene rings is 1. The summed E-state index contributed by atoms with van der Waals surface area (Å²) in [5.74, 6) is -0.941. The number of halogens is 2. The van der Waals surface area contributed by atoms with E-state index in [0.29, 0.717) is 18.1 Å². The second-order valence-corrected chi connectivity index (χ2v) is 3.57. The minimum absolute atomic E-state index is 0.0301. The van der Waals surface area contributed by atoms with E-state index in [9.17, 15) is 8.78 Å². The summed E-state index contributed by atoms with van der Waals surface area (Å²) < 4.78 is 26.3. The molecule has 1 aromatic carbocycles. The van der Waals surface area contributed by atoms with Crippen LogP contribution < -0.4 is 5.32 Å². The van der Waals surface area contributed by atoms with Crippen LogP contribution in [0.1, 0.15) is 0 Å². The fourth-order valence-corrected chi connectivity index (χ4v) is 1.45. The van der Waals surface area contributed by atoms with Crippen molar-refractivity contribution in [2.24, 2.45) is 0 Å². The van der Waals surface area contributed by atoms with Gasteiger partial charge in [0.1, 0.15) is 11.6 Å². The third kappa shape index (κ3) is 2.78. The van der Waals surface area contributed by atoms with E-state index < -0.39 is 11.6 Å². The molecule has 0 bridgehead atoms. The van der Waals surface area contributed by atoms with E-state index in [-0.39, 0.29) is 12.2 Å². The summed E-state index contributed by atoms with van der Waals surface area (Å²) in [4.78, 5) is 7.92. The third-order valence-corrected chi connectivity index (χ3v) is 2.29. The average Bonchev–Trinajstić information content (AvgIpc) is 2.37. The van der Waals surface area contributed by atoms with Crippen LogP contribution in [0.25, 0.3) is 11.1 Å². The van der Waals surface area contributed by atoms with Gasteiger partial charge < -0.3 is 10.4 Å². The van der Waals surface area contributed by atoms with E-state index in [1.54, 1.807) is 0 Å². The molecule has 1 aromatic heterocycles. The summed E-state index contributed by atoms with van der Waals surface area (Å²) >= 11 is 0. The number of nitrogens with one attached hydrogen (secondary N) is 1. The zero-order valence-electron chi connectivity index (χ0n) is 9.40. The molecular weight excluding hydrogens is 240 g/mol. The third-order valence-electron chi connectivity index (χ3n) is 2.29. The maximum Gasteiger partial charge on any atom is 0.222 e. The van der Waals surface area contributed by atoms with Gasteiger partial charge >= 0.3 is 0 Å². The van der Waals surface area contributed by atoms with E-state index in [2.05, 4.69) is 15.3 Å². The van der Waals surface area contributed by atoms with Crippen molar-refractivity contribution in [1.82, 2.24) is 9.97 Å². The second-order valence-electron chi connectivity index (χ2n) is 3.57. The van der Waals surface area contributed by atoms with Crippen molar-refractivity contribution >= 4 is 5.95 Å². The Morgan fingerprint density at radius 1 is 1.17 bits per heavy atom. The number of aromatic nitrogens is 2. The number of anilines is 1. The molecule has 0 aliphatic heterocycles. The summed E-state index contributed by atoms with van der Waals surface area (Å²) in [6, 6.07) is 3.33. The molecule has 2 N–H and O–H groups in total. The Hall–Kier alpha value is -2.08. The van der Waals surface area contributed by atoms with Crippen LogP contribution in [0, 0.1) is 11.6 Å². The second kappa shape index (κ2) is 5.50. The Balaban J connectivity index is 2.23. The molecule has 18 heavy (non-hydrogen) atoms. The van der Waals surface area contributed by atoms with E-state index in [1.165, 1.54) is 24.5 Å². The fraction of sp³-hybridized carbons (Fsp3) is 0.167. The highest BCUT2D eigenvalue weighted by Gasteiger charge is 2.07. The van der Waals surface area contributed by atoms with Crippen molar-refractivity contribution in [2.75, 3.05) is 18.5 Å². The topological polar surface area (TPSA) is 58.0 Å². The van der Waals surface area contributed by atoms with Crippen LogP contribution in [-0.4, -0.2) is 28.2 Å². The zero-order chi connectivity index (χ0) is 13.0. The number of hydrogen-bond acceptors (Lipinski definition) is 4. The standard InChI is InChI=1S/C12H11F2N3O/c13-9-1-2-10(11(14)5-9)8-6-16-12(17-7-8)15-3-4-18/h1-2,5-7,18H,3-4H2,(H,15,16,17). The highest BCUT2D eigenvalue weighted by molar-refractivity contribution is 5.62. The average molecular weight is 251 g/mol. The van der Waals surface area contributed by atoms with Crippen molar-refractivity contribution in [3.63, 3.8) is 0 Å². The van der Waals surface area contributed by atoms with Gasteiger partial charge in [-0.2, -0.15) is 0 Å². The summed E-state index contributed by atoms with van der Waals surface area (Å²) in [6.45, 7) is 0.307. The molecule has 0 atom stereocenters. The normalized spacial score (nSPS) is 10.4. The molecule has 0 saturated carbocycles. The minimum Gasteiger partial charge on any atom is -0.395 e. The molecule has 4 nitrogen and oxygen atoms in total. The Morgan fingerprint density at radius 2 is 1.89 bits per heavy atom. The molecule has 0 unspecified atom stereocenters. The molecule has 6 heteroatoms. The first-order valence-corrected chi connectivity index (χ1v) is 5.33. The van der Waals surface area contributed by atoms with Crippen LogP contribution >= 0.6 is 0 Å². The van der Waals surface area contributed by atoms with E-state index in [1.807, 2.05) is 0 Å². The molecular formula is C12H11F2N3O. The van der Waals surface area contributed by atoms with Gasteiger partial charge in [-0.25, -0.2) is 18.7 Å². The van der Waals surface area contributed by atoms with E-state index in [4.69, 9.17) is 5.11 Å². The fourth-order valence-electron chi connectivity index (χ4n) is 1.45. The van der Waals surface area contributed by atoms with Gasteiger partial charge in [0.2, 0.25) is 5.95 Å². The molecule has 0 amide bonds. The first-order valence-electron chi connectivity index (χ1n) is 5.33. The van der Waals surface area contributed by atoms with E-state index in [0.717, 1.165) is 6.07 Å². The lowest BCUT2D eigenvalue weighted by Gasteiger charge is -2.05. The minimum atomic E-state index is -0.658. The van der Waals surface area contributed by atoms with Gasteiger partial charge in [0.15, 0.2) is 0 Å². The molecule has 0 fully saturated rings. The first kappa shape index (κ1) is 12.4. The monoisotopic (exact) mass is 251 g/mol. The molecule has 2 rings (SSSR count). The largest absolute Gasteiger partial charge is 0.395 e. The van der Waals surface area contributed by atoms with Crippen LogP contribution in [0.3, 0.4) is 0 Å². The molecule has 0 aliphatic carbocycles. The maximum absolute atomic E-state index is 13.5. The number of hydrogen-bond donors (Lipinski definition) is 2. The summed E-state index contributed by atoms with van der Waals surface area (Å²) in [5.41, 5.74) is 0.701. The van der Waals surface area contributed by atoms with E-state index >= 15 is 0 Å². The quantitative estimate of drug-likeness (QED) is 0.870. The SMILES string of the molecule is OCCNc1ncc(-c2ccc(F)cc2F)cn1. The van der Waals surface area contributed by atoms with Gasteiger partial charge in [0, 0.05) is 36.1 Å². The van der Waals surface area contributed by atoms with Crippen molar-refractivity contribution in [3.8, 4) is 11.1 Å².